The van der Waals surface area contributed by atoms with E-state index >= 15 is 0 Å². The van der Waals surface area contributed by atoms with Crippen LogP contribution >= 0.6 is 15.9 Å². The van der Waals surface area contributed by atoms with Gasteiger partial charge in [0, 0.05) is 30.7 Å². The predicted molar refractivity (Wildman–Crippen MR) is 72.5 cm³/mol. The number of nitrogens with zero attached hydrogens (tertiary/aromatic N) is 1. The van der Waals surface area contributed by atoms with E-state index in [1.165, 1.54) is 0 Å². The van der Waals surface area contributed by atoms with Gasteiger partial charge >= 0.3 is 0 Å². The number of amides is 1. The second-order valence-electron chi connectivity index (χ2n) is 3.72. The number of halogens is 1. The molecule has 1 aromatic carbocycles. The summed E-state index contributed by atoms with van der Waals surface area (Å²) in [5.74, 6) is -0.0543. The van der Waals surface area contributed by atoms with Crippen molar-refractivity contribution < 1.29 is 9.90 Å². The van der Waals surface area contributed by atoms with Crippen molar-refractivity contribution in [2.45, 2.75) is 6.42 Å². The number of hydrogen-bond donors (Lipinski definition) is 1. The van der Waals surface area contributed by atoms with Crippen molar-refractivity contribution in [3.05, 3.63) is 40.4 Å². The fraction of sp³-hybridized carbons (Fsp3) is 0.308. The van der Waals surface area contributed by atoms with Crippen molar-refractivity contribution in [1.29, 1.82) is 0 Å². The number of benzene rings is 1. The van der Waals surface area contributed by atoms with Crippen LogP contribution in [0.4, 0.5) is 0 Å². The van der Waals surface area contributed by atoms with Gasteiger partial charge < -0.3 is 10.0 Å². The Kier molecular flexibility index (Phi) is 5.94. The maximum absolute atomic E-state index is 11.6. The van der Waals surface area contributed by atoms with Gasteiger partial charge in [0.15, 0.2) is 0 Å². The van der Waals surface area contributed by atoms with Crippen molar-refractivity contribution >= 4 is 27.9 Å². The summed E-state index contributed by atoms with van der Waals surface area (Å²) in [5, 5.41) is 8.67. The monoisotopic (exact) mass is 297 g/mol. The zero-order valence-corrected chi connectivity index (χ0v) is 11.4. The summed E-state index contributed by atoms with van der Waals surface area (Å²) >= 11 is 3.35. The Balaban J connectivity index is 2.52. The standard InChI is InChI=1S/C13H16BrNO2/c1-15(9-2-10-16)13(17)8-5-11-3-6-12(14)7-4-11/h3-8,16H,2,9-10H2,1H3/b8-5+. The fourth-order valence-corrected chi connectivity index (χ4v) is 1.55. The van der Waals surface area contributed by atoms with Crippen molar-refractivity contribution in [2.24, 2.45) is 0 Å². The van der Waals surface area contributed by atoms with E-state index in [9.17, 15) is 4.79 Å². The highest BCUT2D eigenvalue weighted by molar-refractivity contribution is 9.10. The molecule has 17 heavy (non-hydrogen) atoms. The fourth-order valence-electron chi connectivity index (χ4n) is 1.29. The van der Waals surface area contributed by atoms with Gasteiger partial charge in [0.2, 0.25) is 5.91 Å². The summed E-state index contributed by atoms with van der Waals surface area (Å²) in [4.78, 5) is 13.2. The van der Waals surface area contributed by atoms with E-state index in [0.717, 1.165) is 10.0 Å². The molecule has 92 valence electrons. The number of carbonyl (C=O) groups excluding carboxylic acids is 1. The highest BCUT2D eigenvalue weighted by Crippen LogP contribution is 2.11. The van der Waals surface area contributed by atoms with Crippen LogP contribution in [-0.2, 0) is 4.79 Å². The van der Waals surface area contributed by atoms with Crippen LogP contribution in [0.3, 0.4) is 0 Å². The van der Waals surface area contributed by atoms with Gasteiger partial charge in [-0.3, -0.25) is 4.79 Å². The Labute approximate surface area is 110 Å². The lowest BCUT2D eigenvalue weighted by atomic mass is 10.2. The summed E-state index contributed by atoms with van der Waals surface area (Å²) in [7, 11) is 1.73. The van der Waals surface area contributed by atoms with Crippen molar-refractivity contribution in [3.8, 4) is 0 Å². The molecule has 0 bridgehead atoms. The van der Waals surface area contributed by atoms with Gasteiger partial charge in [-0.15, -0.1) is 0 Å². The minimum atomic E-state index is -0.0543. The van der Waals surface area contributed by atoms with Gasteiger partial charge in [-0.1, -0.05) is 28.1 Å². The quantitative estimate of drug-likeness (QED) is 0.847. The van der Waals surface area contributed by atoms with E-state index in [4.69, 9.17) is 5.11 Å². The van der Waals surface area contributed by atoms with E-state index < -0.39 is 0 Å². The van der Waals surface area contributed by atoms with Crippen LogP contribution in [0.5, 0.6) is 0 Å². The van der Waals surface area contributed by atoms with Gasteiger partial charge in [0.05, 0.1) is 0 Å². The molecule has 0 saturated heterocycles. The molecule has 0 unspecified atom stereocenters. The number of hydrogen-bond acceptors (Lipinski definition) is 2. The van der Waals surface area contributed by atoms with Crippen LogP contribution in [0.2, 0.25) is 0 Å². The van der Waals surface area contributed by atoms with Crippen molar-refractivity contribution in [1.82, 2.24) is 4.90 Å². The number of carbonyl (C=O) groups is 1. The largest absolute Gasteiger partial charge is 0.396 e. The lowest BCUT2D eigenvalue weighted by Crippen LogP contribution is -2.26. The smallest absolute Gasteiger partial charge is 0.246 e. The number of likely N-dealkylation sites (N-methyl/N-ethyl adjacent to an activating group) is 1. The SMILES string of the molecule is CN(CCCO)C(=O)/C=C/c1ccc(Br)cc1. The molecule has 0 fully saturated rings. The van der Waals surface area contributed by atoms with Crippen molar-refractivity contribution in [3.63, 3.8) is 0 Å². The summed E-state index contributed by atoms with van der Waals surface area (Å²) in [6.45, 7) is 0.675. The molecule has 0 aromatic heterocycles. The first-order chi connectivity index (χ1) is 8.13. The minimum Gasteiger partial charge on any atom is -0.396 e. The summed E-state index contributed by atoms with van der Waals surface area (Å²) in [6.07, 6.45) is 3.93. The first-order valence-electron chi connectivity index (χ1n) is 5.43. The number of aliphatic hydroxyl groups is 1. The maximum Gasteiger partial charge on any atom is 0.246 e. The Morgan fingerprint density at radius 2 is 2.06 bits per heavy atom. The second-order valence-corrected chi connectivity index (χ2v) is 4.64. The van der Waals surface area contributed by atoms with Crippen LogP contribution in [0.15, 0.2) is 34.8 Å². The van der Waals surface area contributed by atoms with Crippen LogP contribution in [0, 0.1) is 0 Å². The second kappa shape index (κ2) is 7.25. The molecule has 0 saturated carbocycles. The summed E-state index contributed by atoms with van der Waals surface area (Å²) in [5.41, 5.74) is 0.983. The Hall–Kier alpha value is -1.13. The lowest BCUT2D eigenvalue weighted by molar-refractivity contribution is -0.124. The number of rotatable bonds is 5. The normalized spacial score (nSPS) is 10.8. The molecular formula is C13H16BrNO2. The predicted octanol–water partition coefficient (Wildman–Crippen LogP) is 2.30. The number of aliphatic hydroxyl groups excluding tert-OH is 1. The third-order valence-corrected chi connectivity index (χ3v) is 2.84. The van der Waals surface area contributed by atoms with Crippen LogP contribution < -0.4 is 0 Å². The molecule has 1 aromatic rings. The van der Waals surface area contributed by atoms with Crippen molar-refractivity contribution in [2.75, 3.05) is 20.2 Å². The molecule has 1 N–H and O–H groups in total. The zero-order chi connectivity index (χ0) is 12.7. The molecule has 1 amide bonds. The molecule has 0 spiro atoms. The van der Waals surface area contributed by atoms with E-state index in [2.05, 4.69) is 15.9 Å². The van der Waals surface area contributed by atoms with Gasteiger partial charge in [-0.25, -0.2) is 0 Å². The zero-order valence-electron chi connectivity index (χ0n) is 9.77. The lowest BCUT2D eigenvalue weighted by Gasteiger charge is -2.13. The third kappa shape index (κ3) is 5.15. The summed E-state index contributed by atoms with van der Waals surface area (Å²) < 4.78 is 1.01. The molecule has 0 heterocycles. The molecule has 0 aliphatic heterocycles. The molecule has 0 aliphatic carbocycles. The van der Waals surface area contributed by atoms with Crippen LogP contribution in [0.1, 0.15) is 12.0 Å². The molecule has 4 heteroatoms. The average molecular weight is 298 g/mol. The Morgan fingerprint density at radius 3 is 2.65 bits per heavy atom. The van der Waals surface area contributed by atoms with Crippen LogP contribution in [0.25, 0.3) is 6.08 Å². The highest BCUT2D eigenvalue weighted by Gasteiger charge is 2.03. The maximum atomic E-state index is 11.6. The molecule has 0 radical (unpaired) electrons. The van der Waals surface area contributed by atoms with Gasteiger partial charge in [0.1, 0.15) is 0 Å². The molecule has 1 rings (SSSR count). The first-order valence-corrected chi connectivity index (χ1v) is 6.22. The minimum absolute atomic E-state index is 0.0543. The van der Waals surface area contributed by atoms with Gasteiger partial charge in [-0.05, 0) is 30.2 Å². The van der Waals surface area contributed by atoms with Gasteiger partial charge in [0.25, 0.3) is 0 Å². The topological polar surface area (TPSA) is 40.5 Å². The van der Waals surface area contributed by atoms with Gasteiger partial charge in [-0.2, -0.15) is 0 Å². The summed E-state index contributed by atoms with van der Waals surface area (Å²) in [6, 6.07) is 7.72. The van der Waals surface area contributed by atoms with E-state index in [1.54, 1.807) is 24.1 Å². The Morgan fingerprint density at radius 1 is 1.41 bits per heavy atom. The average Bonchev–Trinajstić information content (AvgIpc) is 2.34. The van der Waals surface area contributed by atoms with E-state index in [0.29, 0.717) is 13.0 Å². The molecule has 3 nitrogen and oxygen atoms in total. The Bertz CT molecular complexity index is 387. The first kappa shape index (κ1) is 13.9. The molecule has 0 atom stereocenters. The van der Waals surface area contributed by atoms with E-state index in [1.807, 2.05) is 24.3 Å². The van der Waals surface area contributed by atoms with Crippen LogP contribution in [-0.4, -0.2) is 36.1 Å². The molecule has 0 aliphatic rings. The third-order valence-electron chi connectivity index (χ3n) is 2.32. The van der Waals surface area contributed by atoms with E-state index in [-0.39, 0.29) is 12.5 Å². The molecular weight excluding hydrogens is 282 g/mol. The highest BCUT2D eigenvalue weighted by atomic mass is 79.9.